The first-order valence-corrected chi connectivity index (χ1v) is 11.5. The van der Waals surface area contributed by atoms with Crippen molar-refractivity contribution >= 4 is 27.5 Å². The van der Waals surface area contributed by atoms with Crippen molar-refractivity contribution in [1.82, 2.24) is 10.2 Å². The number of aryl methyl sites for hydroxylation is 1. The Morgan fingerprint density at radius 1 is 1.17 bits per heavy atom. The summed E-state index contributed by atoms with van der Waals surface area (Å²) >= 11 is 0. The molecule has 0 bridgehead atoms. The Hall–Kier alpha value is -2.51. The van der Waals surface area contributed by atoms with Crippen LogP contribution in [0.4, 0.5) is 0 Å². The fraction of sp³-hybridized carbons (Fsp3) is 0.550. The van der Waals surface area contributed by atoms with Crippen LogP contribution in [-0.4, -0.2) is 54.7 Å². The number of rotatable bonds is 7. The highest BCUT2D eigenvalue weighted by molar-refractivity contribution is 7.90. The smallest absolute Gasteiger partial charge is 0.360 e. The van der Waals surface area contributed by atoms with E-state index in [1.165, 1.54) is 12.1 Å². The van der Waals surface area contributed by atoms with E-state index in [-0.39, 0.29) is 16.8 Å². The van der Waals surface area contributed by atoms with Crippen LogP contribution in [-0.2, 0) is 14.8 Å². The van der Waals surface area contributed by atoms with Crippen LogP contribution in [0.2, 0.25) is 0 Å². The number of hydrogen-bond donors (Lipinski definition) is 1. The largest absolute Gasteiger partial charge is 0.421 e. The van der Waals surface area contributed by atoms with Crippen LogP contribution >= 0.6 is 0 Å². The normalized spacial score (nSPS) is 15.5. The van der Waals surface area contributed by atoms with E-state index in [1.807, 2.05) is 20.8 Å². The summed E-state index contributed by atoms with van der Waals surface area (Å²) in [6.07, 6.45) is 4.88. The van der Waals surface area contributed by atoms with Crippen molar-refractivity contribution in [1.29, 1.82) is 0 Å². The lowest BCUT2D eigenvalue weighted by Crippen LogP contribution is -2.48. The molecule has 1 aliphatic rings. The van der Waals surface area contributed by atoms with E-state index in [0.717, 1.165) is 37.7 Å². The maximum absolute atomic E-state index is 12.8. The minimum Gasteiger partial charge on any atom is -0.360 e. The van der Waals surface area contributed by atoms with Gasteiger partial charge in [0.15, 0.2) is 0 Å². The molecule has 9 heteroatoms. The number of nitrogens with one attached hydrogen (secondary N) is 1. The lowest BCUT2D eigenvalue weighted by atomic mass is 9.95. The molecule has 0 saturated heterocycles. The van der Waals surface area contributed by atoms with Crippen LogP contribution < -0.4 is 5.32 Å². The molecule has 1 aromatic rings. The second kappa shape index (κ2) is 10.3. The number of carbonyl (C=O) groups excluding carboxylic acids is 1. The number of sulfonamides is 1. The van der Waals surface area contributed by atoms with E-state index < -0.39 is 21.6 Å². The zero-order valence-corrected chi connectivity index (χ0v) is 18.1. The molecule has 1 aliphatic carbocycles. The van der Waals surface area contributed by atoms with Crippen molar-refractivity contribution < 1.29 is 18.0 Å². The standard InChI is InChI=1S/C20H29N5O3S/c1-4-25(5-2)19(24-29(27,28)17-13-11-15(3)12-14-17)18(23-21)20(26)22-16-9-7-6-8-10-16/h11-14,16H,4-10H2,1-3H3,(H,22,26)/b24-19-. The van der Waals surface area contributed by atoms with Gasteiger partial charge in [-0.3, -0.25) is 4.79 Å². The third-order valence-corrected chi connectivity index (χ3v) is 6.34. The van der Waals surface area contributed by atoms with Gasteiger partial charge >= 0.3 is 11.6 Å². The Morgan fingerprint density at radius 2 is 1.76 bits per heavy atom. The fourth-order valence-corrected chi connectivity index (χ4v) is 4.36. The van der Waals surface area contributed by atoms with E-state index in [0.29, 0.717) is 13.1 Å². The lowest BCUT2D eigenvalue weighted by molar-refractivity contribution is -0.119. The van der Waals surface area contributed by atoms with Gasteiger partial charge in [0.25, 0.3) is 10.0 Å². The van der Waals surface area contributed by atoms with Crippen molar-refractivity contribution in [2.24, 2.45) is 4.40 Å². The van der Waals surface area contributed by atoms with E-state index in [9.17, 15) is 18.7 Å². The summed E-state index contributed by atoms with van der Waals surface area (Å²) in [4.78, 5) is 17.5. The summed E-state index contributed by atoms with van der Waals surface area (Å²) < 4.78 is 29.6. The number of amides is 1. The summed E-state index contributed by atoms with van der Waals surface area (Å²) in [6.45, 7) is 6.27. The van der Waals surface area contributed by atoms with Crippen molar-refractivity contribution in [3.8, 4) is 0 Å². The van der Waals surface area contributed by atoms with E-state index in [4.69, 9.17) is 0 Å². The molecule has 0 spiro atoms. The summed E-state index contributed by atoms with van der Waals surface area (Å²) in [5.41, 5.74) is 10.1. The van der Waals surface area contributed by atoms with E-state index in [1.54, 1.807) is 17.0 Å². The highest BCUT2D eigenvalue weighted by Gasteiger charge is 2.34. The topological polar surface area (TPSA) is 115 Å². The Morgan fingerprint density at radius 3 is 2.28 bits per heavy atom. The molecule has 0 heterocycles. The number of benzene rings is 1. The highest BCUT2D eigenvalue weighted by atomic mass is 32.2. The van der Waals surface area contributed by atoms with Crippen LogP contribution in [0.25, 0.3) is 5.53 Å². The van der Waals surface area contributed by atoms with Crippen LogP contribution in [0.15, 0.2) is 33.6 Å². The van der Waals surface area contributed by atoms with Crippen molar-refractivity contribution in [2.45, 2.75) is 63.8 Å². The van der Waals surface area contributed by atoms with Crippen LogP contribution in [0.5, 0.6) is 0 Å². The maximum atomic E-state index is 12.8. The van der Waals surface area contributed by atoms with Crippen molar-refractivity contribution in [3.05, 3.63) is 35.4 Å². The van der Waals surface area contributed by atoms with Gasteiger partial charge < -0.3 is 15.7 Å². The summed E-state index contributed by atoms with van der Waals surface area (Å²) in [6, 6.07) is 6.27. The van der Waals surface area contributed by atoms with Gasteiger partial charge in [-0.15, -0.1) is 4.40 Å². The number of amidine groups is 1. The Kier molecular flexibility index (Phi) is 8.10. The molecule has 1 fully saturated rings. The van der Waals surface area contributed by atoms with Gasteiger partial charge in [0.05, 0.1) is 4.90 Å². The summed E-state index contributed by atoms with van der Waals surface area (Å²) in [7, 11) is -4.09. The second-order valence-electron chi connectivity index (χ2n) is 7.13. The molecular formula is C20H29N5O3S. The first-order valence-electron chi connectivity index (χ1n) is 10.0. The Bertz CT molecular complexity index is 893. The number of nitrogens with zero attached hydrogens (tertiary/aromatic N) is 4. The van der Waals surface area contributed by atoms with Gasteiger partial charge in [0, 0.05) is 19.1 Å². The van der Waals surface area contributed by atoms with Gasteiger partial charge in [-0.25, -0.2) is 0 Å². The molecular weight excluding hydrogens is 390 g/mol. The quantitative estimate of drug-likeness (QED) is 0.316. The third-order valence-electron chi connectivity index (χ3n) is 5.06. The van der Waals surface area contributed by atoms with Crippen molar-refractivity contribution in [3.63, 3.8) is 0 Å². The van der Waals surface area contributed by atoms with E-state index in [2.05, 4.69) is 14.5 Å². The highest BCUT2D eigenvalue weighted by Crippen LogP contribution is 2.18. The predicted molar refractivity (Wildman–Crippen MR) is 112 cm³/mol. The average Bonchev–Trinajstić information content (AvgIpc) is 2.70. The van der Waals surface area contributed by atoms with Gasteiger partial charge in [0.1, 0.15) is 0 Å². The van der Waals surface area contributed by atoms with Gasteiger partial charge in [-0.2, -0.15) is 13.2 Å². The SMILES string of the molecule is CCN(CC)/C(=N\S(=O)(=O)c1ccc(C)cc1)C(=[N+]=[N-])C(=O)NC1CCCCC1. The molecule has 1 saturated carbocycles. The molecule has 0 aliphatic heterocycles. The third kappa shape index (κ3) is 5.98. The minimum atomic E-state index is -4.09. The first-order chi connectivity index (χ1) is 13.8. The second-order valence-corrected chi connectivity index (χ2v) is 8.74. The molecule has 0 aromatic heterocycles. The molecule has 158 valence electrons. The first kappa shape index (κ1) is 22.8. The number of carbonyl (C=O) groups is 1. The minimum absolute atomic E-state index is 0.0118. The monoisotopic (exact) mass is 419 g/mol. The predicted octanol–water partition coefficient (Wildman–Crippen LogP) is 2.54. The van der Waals surface area contributed by atoms with Crippen LogP contribution in [0, 0.1) is 6.92 Å². The van der Waals surface area contributed by atoms with Crippen LogP contribution in [0.3, 0.4) is 0 Å². The number of hydrogen-bond acceptors (Lipinski definition) is 3. The maximum Gasteiger partial charge on any atom is 0.421 e. The Balaban J connectivity index is 2.42. The Labute approximate surface area is 172 Å². The molecule has 0 radical (unpaired) electrons. The zero-order valence-electron chi connectivity index (χ0n) is 17.3. The zero-order chi connectivity index (χ0) is 21.4. The van der Waals surface area contributed by atoms with Gasteiger partial charge in [-0.05, 0) is 45.7 Å². The molecule has 1 N–H and O–H groups in total. The van der Waals surface area contributed by atoms with E-state index >= 15 is 0 Å². The molecule has 29 heavy (non-hydrogen) atoms. The molecule has 1 amide bonds. The molecule has 0 unspecified atom stereocenters. The average molecular weight is 420 g/mol. The van der Waals surface area contributed by atoms with Gasteiger partial charge in [-0.1, -0.05) is 37.0 Å². The molecule has 2 rings (SSSR count). The lowest BCUT2D eigenvalue weighted by Gasteiger charge is -2.23. The summed E-state index contributed by atoms with van der Waals surface area (Å²) in [5, 5.41) is 2.85. The van der Waals surface area contributed by atoms with Crippen LogP contribution in [0.1, 0.15) is 51.5 Å². The molecule has 1 aromatic carbocycles. The van der Waals surface area contributed by atoms with Crippen molar-refractivity contribution in [2.75, 3.05) is 13.1 Å². The van der Waals surface area contributed by atoms with Gasteiger partial charge in [0.2, 0.25) is 5.84 Å². The molecule has 0 atom stereocenters. The fourth-order valence-electron chi connectivity index (χ4n) is 3.34. The molecule has 8 nitrogen and oxygen atoms in total. The summed E-state index contributed by atoms with van der Waals surface area (Å²) in [5.74, 6) is -0.782.